The van der Waals surface area contributed by atoms with Gasteiger partial charge in [0.2, 0.25) is 0 Å². The summed E-state index contributed by atoms with van der Waals surface area (Å²) in [4.78, 5) is 1.64. The Bertz CT molecular complexity index is 110. The monoisotopic (exact) mass is 194 g/mol. The van der Waals surface area contributed by atoms with Crippen LogP contribution < -0.4 is 5.32 Å². The number of halogens is 2. The molecule has 0 aliphatic rings. The molecule has 0 saturated carbocycles. The van der Waals surface area contributed by atoms with Crippen LogP contribution in [0.2, 0.25) is 0 Å². The molecule has 0 spiro atoms. The van der Waals surface area contributed by atoms with Crippen LogP contribution in [-0.4, -0.2) is 44.6 Å². The maximum Gasteiger partial charge on any atom is 0.251 e. The van der Waals surface area contributed by atoms with Gasteiger partial charge in [-0.25, -0.2) is 8.78 Å². The summed E-state index contributed by atoms with van der Waals surface area (Å²) in [6.07, 6.45) is 0.0963. The van der Waals surface area contributed by atoms with Gasteiger partial charge < -0.3 is 5.32 Å². The summed E-state index contributed by atoms with van der Waals surface area (Å²) in [5.41, 5.74) is 0. The van der Waals surface area contributed by atoms with E-state index in [1.54, 1.807) is 11.9 Å². The first-order chi connectivity index (χ1) is 6.16. The summed E-state index contributed by atoms with van der Waals surface area (Å²) in [7, 11) is 1.72. The average molecular weight is 194 g/mol. The van der Waals surface area contributed by atoms with Crippen molar-refractivity contribution in [1.29, 1.82) is 0 Å². The standard InChI is InChI=1S/C9H20F2N2/c1-3-4-5-12-6-7-13(2)8-9(10)11/h9,12H,3-8H2,1-2H3. The molecule has 0 aliphatic carbocycles. The van der Waals surface area contributed by atoms with Crippen LogP contribution in [0.5, 0.6) is 0 Å². The highest BCUT2D eigenvalue weighted by molar-refractivity contribution is 4.55. The molecule has 0 aromatic carbocycles. The van der Waals surface area contributed by atoms with Crippen molar-refractivity contribution < 1.29 is 8.78 Å². The summed E-state index contributed by atoms with van der Waals surface area (Å²) >= 11 is 0. The van der Waals surface area contributed by atoms with Gasteiger partial charge in [0, 0.05) is 13.1 Å². The van der Waals surface area contributed by atoms with E-state index in [1.165, 1.54) is 6.42 Å². The summed E-state index contributed by atoms with van der Waals surface area (Å²) < 4.78 is 23.7. The molecule has 1 N–H and O–H groups in total. The largest absolute Gasteiger partial charge is 0.315 e. The zero-order valence-electron chi connectivity index (χ0n) is 8.52. The van der Waals surface area contributed by atoms with Crippen LogP contribution >= 0.6 is 0 Å². The predicted octanol–water partition coefficient (Wildman–Crippen LogP) is 1.57. The number of rotatable bonds is 8. The highest BCUT2D eigenvalue weighted by Gasteiger charge is 2.06. The lowest BCUT2D eigenvalue weighted by atomic mass is 10.3. The van der Waals surface area contributed by atoms with Crippen LogP contribution in [0.15, 0.2) is 0 Å². The highest BCUT2D eigenvalue weighted by Crippen LogP contribution is 1.94. The molecule has 0 unspecified atom stereocenters. The van der Waals surface area contributed by atoms with Crippen LogP contribution in [0, 0.1) is 0 Å². The molecule has 0 aliphatic heterocycles. The van der Waals surface area contributed by atoms with E-state index in [1.807, 2.05) is 0 Å². The molecule has 4 heteroatoms. The Morgan fingerprint density at radius 1 is 1.31 bits per heavy atom. The Hall–Kier alpha value is -0.220. The summed E-state index contributed by atoms with van der Waals surface area (Å²) in [6.45, 7) is 4.47. The van der Waals surface area contributed by atoms with Crippen LogP contribution in [0.3, 0.4) is 0 Å². The molecule has 0 amide bonds. The summed E-state index contributed by atoms with van der Waals surface area (Å²) in [6, 6.07) is 0. The number of nitrogens with one attached hydrogen (secondary N) is 1. The fourth-order valence-corrected chi connectivity index (χ4v) is 1.02. The number of hydrogen-bond acceptors (Lipinski definition) is 2. The van der Waals surface area contributed by atoms with Gasteiger partial charge in [-0.2, -0.15) is 0 Å². The summed E-state index contributed by atoms with van der Waals surface area (Å²) in [5, 5.41) is 3.20. The normalized spacial score (nSPS) is 11.5. The molecular weight excluding hydrogens is 174 g/mol. The Morgan fingerprint density at radius 2 is 2.00 bits per heavy atom. The molecule has 0 aromatic rings. The van der Waals surface area contributed by atoms with Crippen molar-refractivity contribution in [2.45, 2.75) is 26.2 Å². The lowest BCUT2D eigenvalue weighted by Gasteiger charge is -2.15. The van der Waals surface area contributed by atoms with Crippen LogP contribution in [0.4, 0.5) is 8.78 Å². The molecule has 0 radical (unpaired) electrons. The number of alkyl halides is 2. The molecular formula is C9H20F2N2. The van der Waals surface area contributed by atoms with E-state index in [-0.39, 0.29) is 6.54 Å². The first-order valence-electron chi connectivity index (χ1n) is 4.84. The van der Waals surface area contributed by atoms with Crippen molar-refractivity contribution in [2.24, 2.45) is 0 Å². The second-order valence-electron chi connectivity index (χ2n) is 3.26. The molecule has 2 nitrogen and oxygen atoms in total. The second kappa shape index (κ2) is 8.38. The molecule has 0 rings (SSSR count). The minimum atomic E-state index is -2.22. The Labute approximate surface area is 79.3 Å². The van der Waals surface area contributed by atoms with Crippen molar-refractivity contribution in [3.05, 3.63) is 0 Å². The number of unbranched alkanes of at least 4 members (excludes halogenated alkanes) is 1. The average Bonchev–Trinajstić information content (AvgIpc) is 2.02. The highest BCUT2D eigenvalue weighted by atomic mass is 19.3. The topological polar surface area (TPSA) is 15.3 Å². The zero-order chi connectivity index (χ0) is 10.1. The quantitative estimate of drug-likeness (QED) is 0.590. The maximum absolute atomic E-state index is 11.9. The number of likely N-dealkylation sites (N-methyl/N-ethyl adjacent to an activating group) is 1. The third-order valence-corrected chi connectivity index (χ3v) is 1.83. The molecule has 0 aromatic heterocycles. The SMILES string of the molecule is CCCCNCCN(C)CC(F)F. The third kappa shape index (κ3) is 9.70. The van der Waals surface area contributed by atoms with E-state index in [2.05, 4.69) is 12.2 Å². The zero-order valence-corrected chi connectivity index (χ0v) is 8.52. The van der Waals surface area contributed by atoms with Crippen molar-refractivity contribution in [3.63, 3.8) is 0 Å². The van der Waals surface area contributed by atoms with Gasteiger partial charge in [0.05, 0.1) is 6.54 Å². The van der Waals surface area contributed by atoms with Gasteiger partial charge in [-0.15, -0.1) is 0 Å². The first kappa shape index (κ1) is 12.8. The van der Waals surface area contributed by atoms with Gasteiger partial charge in [0.1, 0.15) is 0 Å². The fraction of sp³-hybridized carbons (Fsp3) is 1.00. The van der Waals surface area contributed by atoms with Gasteiger partial charge in [0.25, 0.3) is 6.43 Å². The minimum absolute atomic E-state index is 0.130. The first-order valence-corrected chi connectivity index (χ1v) is 4.84. The second-order valence-corrected chi connectivity index (χ2v) is 3.26. The van der Waals surface area contributed by atoms with E-state index < -0.39 is 6.43 Å². The van der Waals surface area contributed by atoms with Crippen LogP contribution in [0.25, 0.3) is 0 Å². The summed E-state index contributed by atoms with van der Waals surface area (Å²) in [5.74, 6) is 0. The van der Waals surface area contributed by atoms with Gasteiger partial charge >= 0.3 is 0 Å². The Kier molecular flexibility index (Phi) is 8.24. The van der Waals surface area contributed by atoms with Crippen LogP contribution in [0.1, 0.15) is 19.8 Å². The molecule has 80 valence electrons. The molecule has 0 heterocycles. The van der Waals surface area contributed by atoms with Gasteiger partial charge in [-0.05, 0) is 20.0 Å². The van der Waals surface area contributed by atoms with Crippen molar-refractivity contribution >= 4 is 0 Å². The van der Waals surface area contributed by atoms with Gasteiger partial charge in [-0.3, -0.25) is 4.90 Å². The van der Waals surface area contributed by atoms with Crippen molar-refractivity contribution in [1.82, 2.24) is 10.2 Å². The molecule has 0 atom stereocenters. The molecule has 13 heavy (non-hydrogen) atoms. The van der Waals surface area contributed by atoms with E-state index in [4.69, 9.17) is 0 Å². The Morgan fingerprint density at radius 3 is 2.54 bits per heavy atom. The lowest BCUT2D eigenvalue weighted by molar-refractivity contribution is 0.101. The predicted molar refractivity (Wildman–Crippen MR) is 51.3 cm³/mol. The third-order valence-electron chi connectivity index (χ3n) is 1.83. The van der Waals surface area contributed by atoms with E-state index >= 15 is 0 Å². The van der Waals surface area contributed by atoms with Gasteiger partial charge in [0.15, 0.2) is 0 Å². The van der Waals surface area contributed by atoms with E-state index in [0.717, 1.165) is 19.5 Å². The number of hydrogen-bond donors (Lipinski definition) is 1. The molecule has 0 fully saturated rings. The van der Waals surface area contributed by atoms with Crippen molar-refractivity contribution in [3.8, 4) is 0 Å². The van der Waals surface area contributed by atoms with Crippen molar-refractivity contribution in [2.75, 3.05) is 33.2 Å². The molecule has 0 bridgehead atoms. The van der Waals surface area contributed by atoms with Gasteiger partial charge in [-0.1, -0.05) is 13.3 Å². The fourth-order valence-electron chi connectivity index (χ4n) is 1.02. The number of nitrogens with zero attached hydrogens (tertiary/aromatic N) is 1. The van der Waals surface area contributed by atoms with E-state index in [0.29, 0.717) is 6.54 Å². The Balaban J connectivity index is 3.12. The van der Waals surface area contributed by atoms with E-state index in [9.17, 15) is 8.78 Å². The minimum Gasteiger partial charge on any atom is -0.315 e. The molecule has 0 saturated heterocycles. The smallest absolute Gasteiger partial charge is 0.251 e. The maximum atomic E-state index is 11.9. The lowest BCUT2D eigenvalue weighted by Crippen LogP contribution is -2.32. The van der Waals surface area contributed by atoms with Crippen LogP contribution in [-0.2, 0) is 0 Å².